The number of pyridine rings is 1. The van der Waals surface area contributed by atoms with E-state index in [2.05, 4.69) is 20.7 Å². The second-order valence-corrected chi connectivity index (χ2v) is 7.41. The number of amides is 1. The zero-order valence-corrected chi connectivity index (χ0v) is 15.2. The van der Waals surface area contributed by atoms with Gasteiger partial charge in [0.2, 0.25) is 11.8 Å². The highest BCUT2D eigenvalue weighted by Crippen LogP contribution is 2.34. The van der Waals surface area contributed by atoms with Crippen LogP contribution in [-0.2, 0) is 11.8 Å². The van der Waals surface area contributed by atoms with Crippen LogP contribution in [0.4, 0.5) is 5.69 Å². The first kappa shape index (κ1) is 17.0. The molecule has 4 rings (SSSR count). The van der Waals surface area contributed by atoms with Gasteiger partial charge in [-0.1, -0.05) is 0 Å². The van der Waals surface area contributed by atoms with E-state index in [4.69, 9.17) is 4.74 Å². The molecule has 2 unspecified atom stereocenters. The van der Waals surface area contributed by atoms with Crippen LogP contribution in [0.25, 0.3) is 0 Å². The maximum Gasteiger partial charge on any atom is 0.241 e. The molecule has 2 saturated heterocycles. The van der Waals surface area contributed by atoms with E-state index < -0.39 is 0 Å². The summed E-state index contributed by atoms with van der Waals surface area (Å²) in [5.41, 5.74) is 1.38. The van der Waals surface area contributed by atoms with Crippen molar-refractivity contribution in [3.63, 3.8) is 0 Å². The van der Waals surface area contributed by atoms with Crippen molar-refractivity contribution in [1.82, 2.24) is 20.1 Å². The number of hydrogen-bond acceptors (Lipinski definition) is 5. The van der Waals surface area contributed by atoms with Gasteiger partial charge in [-0.05, 0) is 50.7 Å². The van der Waals surface area contributed by atoms with Gasteiger partial charge in [0.1, 0.15) is 11.4 Å². The van der Waals surface area contributed by atoms with Gasteiger partial charge in [-0.3, -0.25) is 9.78 Å². The fraction of sp³-hybridized carbons (Fsp3) is 0.526. The van der Waals surface area contributed by atoms with Gasteiger partial charge in [-0.2, -0.15) is 5.10 Å². The highest BCUT2D eigenvalue weighted by Gasteiger charge is 2.34. The quantitative estimate of drug-likeness (QED) is 0.862. The first-order valence-electron chi connectivity index (χ1n) is 9.26. The maximum absolute atomic E-state index is 12.6. The summed E-state index contributed by atoms with van der Waals surface area (Å²) >= 11 is 0. The van der Waals surface area contributed by atoms with Crippen LogP contribution >= 0.6 is 0 Å². The summed E-state index contributed by atoms with van der Waals surface area (Å²) in [6.45, 7) is 1.87. The smallest absolute Gasteiger partial charge is 0.241 e. The lowest BCUT2D eigenvalue weighted by Crippen LogP contribution is -2.39. The minimum atomic E-state index is 0.0310. The highest BCUT2D eigenvalue weighted by molar-refractivity contribution is 5.92. The summed E-state index contributed by atoms with van der Waals surface area (Å²) in [7, 11) is 1.80. The van der Waals surface area contributed by atoms with Gasteiger partial charge in [0.15, 0.2) is 0 Å². The van der Waals surface area contributed by atoms with Crippen molar-refractivity contribution < 1.29 is 9.53 Å². The SMILES string of the molecule is Cc1nn(C)c(Oc2cccnc2)c1NC(=O)CC1CC2CCC(C1)N2. The number of piperidine rings is 1. The monoisotopic (exact) mass is 355 g/mol. The molecule has 2 aliphatic heterocycles. The van der Waals surface area contributed by atoms with Gasteiger partial charge in [0.25, 0.3) is 0 Å². The Morgan fingerprint density at radius 2 is 2.15 bits per heavy atom. The number of ether oxygens (including phenoxy) is 1. The van der Waals surface area contributed by atoms with Crippen LogP contribution in [0, 0.1) is 12.8 Å². The van der Waals surface area contributed by atoms with Crippen molar-refractivity contribution in [2.45, 2.75) is 51.1 Å². The molecule has 7 nitrogen and oxygen atoms in total. The molecule has 2 fully saturated rings. The van der Waals surface area contributed by atoms with Crippen molar-refractivity contribution in [3.05, 3.63) is 30.2 Å². The zero-order chi connectivity index (χ0) is 18.1. The van der Waals surface area contributed by atoms with E-state index in [1.54, 1.807) is 24.1 Å². The van der Waals surface area contributed by atoms with Gasteiger partial charge >= 0.3 is 0 Å². The minimum Gasteiger partial charge on any atom is -0.436 e. The Labute approximate surface area is 153 Å². The molecule has 2 N–H and O–H groups in total. The number of carbonyl (C=O) groups excluding carboxylic acids is 1. The third kappa shape index (κ3) is 3.58. The fourth-order valence-electron chi connectivity index (χ4n) is 4.21. The highest BCUT2D eigenvalue weighted by atomic mass is 16.5. The molecule has 2 aliphatic rings. The van der Waals surface area contributed by atoms with E-state index in [-0.39, 0.29) is 5.91 Å². The molecule has 1 amide bonds. The van der Waals surface area contributed by atoms with Crippen molar-refractivity contribution in [1.29, 1.82) is 0 Å². The van der Waals surface area contributed by atoms with Gasteiger partial charge in [0, 0.05) is 31.7 Å². The van der Waals surface area contributed by atoms with E-state index in [0.29, 0.717) is 41.7 Å². The topological polar surface area (TPSA) is 81.1 Å². The summed E-state index contributed by atoms with van der Waals surface area (Å²) in [6.07, 6.45) is 8.55. The second kappa shape index (κ2) is 7.07. The lowest BCUT2D eigenvalue weighted by atomic mass is 9.89. The molecular formula is C19H25N5O2. The normalized spacial score (nSPS) is 24.5. The molecule has 2 atom stereocenters. The van der Waals surface area contributed by atoms with Crippen LogP contribution in [0.15, 0.2) is 24.5 Å². The zero-order valence-electron chi connectivity index (χ0n) is 15.2. The number of fused-ring (bicyclic) bond motifs is 2. The molecule has 0 aliphatic carbocycles. The third-order valence-electron chi connectivity index (χ3n) is 5.33. The van der Waals surface area contributed by atoms with E-state index in [0.717, 1.165) is 18.5 Å². The van der Waals surface area contributed by atoms with Gasteiger partial charge in [0.05, 0.1) is 11.9 Å². The Bertz CT molecular complexity index is 777. The molecule has 2 aromatic rings. The number of aromatic nitrogens is 3. The number of aryl methyl sites for hydroxylation is 2. The van der Waals surface area contributed by atoms with E-state index in [9.17, 15) is 4.79 Å². The van der Waals surface area contributed by atoms with Crippen molar-refractivity contribution in [2.24, 2.45) is 13.0 Å². The largest absolute Gasteiger partial charge is 0.436 e. The lowest BCUT2D eigenvalue weighted by molar-refractivity contribution is -0.117. The molecule has 2 bridgehead atoms. The molecule has 0 aromatic carbocycles. The van der Waals surface area contributed by atoms with Gasteiger partial charge in [-0.25, -0.2) is 4.68 Å². The number of carbonyl (C=O) groups is 1. The van der Waals surface area contributed by atoms with Crippen LogP contribution < -0.4 is 15.4 Å². The van der Waals surface area contributed by atoms with Crippen molar-refractivity contribution in [2.75, 3.05) is 5.32 Å². The van der Waals surface area contributed by atoms with E-state index >= 15 is 0 Å². The molecule has 4 heterocycles. The number of nitrogens with zero attached hydrogens (tertiary/aromatic N) is 3. The Hall–Kier alpha value is -2.41. The Balaban J connectivity index is 1.44. The Morgan fingerprint density at radius 1 is 1.38 bits per heavy atom. The van der Waals surface area contributed by atoms with E-state index in [1.165, 1.54) is 12.8 Å². The molecule has 0 spiro atoms. The first-order valence-corrected chi connectivity index (χ1v) is 9.26. The molecule has 0 radical (unpaired) electrons. The molecule has 138 valence electrons. The van der Waals surface area contributed by atoms with Crippen LogP contribution in [0.5, 0.6) is 11.6 Å². The standard InChI is InChI=1S/C19H25N5O2/c1-12-18(19(24(2)23-12)26-16-4-3-7-20-11-16)22-17(25)10-13-8-14-5-6-15(9-13)21-14/h3-4,7,11,13-15,21H,5-6,8-10H2,1-2H3,(H,22,25). The van der Waals surface area contributed by atoms with Crippen LogP contribution in [0.2, 0.25) is 0 Å². The molecule has 26 heavy (non-hydrogen) atoms. The summed E-state index contributed by atoms with van der Waals surface area (Å²) < 4.78 is 7.55. The number of nitrogens with one attached hydrogen (secondary N) is 2. The average molecular weight is 355 g/mol. The van der Waals surface area contributed by atoms with E-state index in [1.807, 2.05) is 19.1 Å². The summed E-state index contributed by atoms with van der Waals surface area (Å²) in [5, 5.41) is 11.0. The summed E-state index contributed by atoms with van der Waals surface area (Å²) in [4.78, 5) is 16.7. The van der Waals surface area contributed by atoms with Crippen LogP contribution in [-0.4, -0.2) is 32.8 Å². The summed E-state index contributed by atoms with van der Waals surface area (Å²) in [6, 6.07) is 4.82. The van der Waals surface area contributed by atoms with Gasteiger partial charge in [-0.15, -0.1) is 0 Å². The number of hydrogen-bond donors (Lipinski definition) is 2. The second-order valence-electron chi connectivity index (χ2n) is 7.41. The fourth-order valence-corrected chi connectivity index (χ4v) is 4.21. The Kier molecular flexibility index (Phi) is 4.63. The van der Waals surface area contributed by atoms with Crippen LogP contribution in [0.1, 0.15) is 37.8 Å². The molecular weight excluding hydrogens is 330 g/mol. The first-order chi connectivity index (χ1) is 12.6. The lowest BCUT2D eigenvalue weighted by Gasteiger charge is -2.28. The predicted molar refractivity (Wildman–Crippen MR) is 98.2 cm³/mol. The number of rotatable bonds is 5. The van der Waals surface area contributed by atoms with Crippen LogP contribution in [0.3, 0.4) is 0 Å². The summed E-state index contributed by atoms with van der Waals surface area (Å²) in [5.74, 6) is 1.62. The predicted octanol–water partition coefficient (Wildman–Crippen LogP) is 2.78. The van der Waals surface area contributed by atoms with Gasteiger partial charge < -0.3 is 15.4 Å². The third-order valence-corrected chi connectivity index (χ3v) is 5.33. The Morgan fingerprint density at radius 3 is 2.85 bits per heavy atom. The average Bonchev–Trinajstić information content (AvgIpc) is 3.08. The maximum atomic E-state index is 12.6. The van der Waals surface area contributed by atoms with Crippen molar-refractivity contribution in [3.8, 4) is 11.6 Å². The molecule has 7 heteroatoms. The molecule has 2 aromatic heterocycles. The minimum absolute atomic E-state index is 0.0310. The van der Waals surface area contributed by atoms with Crippen molar-refractivity contribution >= 4 is 11.6 Å². The molecule has 0 saturated carbocycles. The number of anilines is 1.